The van der Waals surface area contributed by atoms with E-state index in [0.29, 0.717) is 5.75 Å². The second-order valence-electron chi connectivity index (χ2n) is 5.94. The summed E-state index contributed by atoms with van der Waals surface area (Å²) in [5, 5.41) is 24.6. The summed E-state index contributed by atoms with van der Waals surface area (Å²) in [5.41, 5.74) is 10.6. The van der Waals surface area contributed by atoms with Gasteiger partial charge in [-0.1, -0.05) is 0 Å². The van der Waals surface area contributed by atoms with Crippen LogP contribution in [0.2, 0.25) is 0 Å². The summed E-state index contributed by atoms with van der Waals surface area (Å²) in [5.74, 6) is -4.27. The molecule has 0 aliphatic carbocycles. The first-order valence-electron chi connectivity index (χ1n) is 8.31. The highest BCUT2D eigenvalue weighted by Crippen LogP contribution is 2.03. The predicted octanol–water partition coefficient (Wildman–Crippen LogP) is -3.51. The molecule has 13 heteroatoms. The van der Waals surface area contributed by atoms with Crippen LogP contribution in [0.3, 0.4) is 0 Å². The average molecular weight is 421 g/mol. The van der Waals surface area contributed by atoms with Crippen LogP contribution in [0.25, 0.3) is 0 Å². The zero-order valence-electron chi connectivity index (χ0n) is 15.6. The standard InChI is InChI=1S/C15H27N5O7S/c1-7(16)12(23)18-8(3-4-28-2)13(24)19-9(5-11(17)22)14(25)20-10(6-21)15(26)27/h7-10,21H,3-6,16H2,1-2H3,(H2,17,22)(H,18,23)(H,19,24)(H,20,25)(H,26,27). The first-order valence-corrected chi connectivity index (χ1v) is 9.70. The van der Waals surface area contributed by atoms with Gasteiger partial charge in [0.1, 0.15) is 18.1 Å². The number of carboxylic acid groups (broad SMARTS) is 1. The molecule has 0 radical (unpaired) electrons. The van der Waals surface area contributed by atoms with Crippen molar-refractivity contribution in [2.24, 2.45) is 11.5 Å². The van der Waals surface area contributed by atoms with Gasteiger partial charge in [-0.2, -0.15) is 11.8 Å². The van der Waals surface area contributed by atoms with Crippen molar-refractivity contribution in [2.45, 2.75) is 43.9 Å². The highest BCUT2D eigenvalue weighted by atomic mass is 32.2. The Kier molecular flexibility index (Phi) is 11.8. The van der Waals surface area contributed by atoms with Crippen LogP contribution in [0.1, 0.15) is 19.8 Å². The first-order chi connectivity index (χ1) is 13.0. The van der Waals surface area contributed by atoms with Crippen molar-refractivity contribution in [1.29, 1.82) is 0 Å². The van der Waals surface area contributed by atoms with E-state index in [-0.39, 0.29) is 6.42 Å². The summed E-state index contributed by atoms with van der Waals surface area (Å²) < 4.78 is 0. The molecule has 4 unspecified atom stereocenters. The second kappa shape index (κ2) is 12.9. The molecule has 0 rings (SSSR count). The third kappa shape index (κ3) is 9.53. The number of thioether (sulfide) groups is 1. The highest BCUT2D eigenvalue weighted by Gasteiger charge is 2.30. The lowest BCUT2D eigenvalue weighted by Crippen LogP contribution is -2.58. The second-order valence-corrected chi connectivity index (χ2v) is 6.93. The normalized spacial score (nSPS) is 14.9. The maximum Gasteiger partial charge on any atom is 0.328 e. The SMILES string of the molecule is CSCCC(NC(=O)C(C)N)C(=O)NC(CC(N)=O)C(=O)NC(CO)C(=O)O. The van der Waals surface area contributed by atoms with Crippen LogP contribution in [-0.4, -0.2) is 82.6 Å². The minimum Gasteiger partial charge on any atom is -0.480 e. The number of hydrogen-bond donors (Lipinski definition) is 7. The molecule has 0 aromatic rings. The Hall–Kier alpha value is -2.38. The number of carboxylic acids is 1. The van der Waals surface area contributed by atoms with Crippen molar-refractivity contribution in [3.05, 3.63) is 0 Å². The summed E-state index contributed by atoms with van der Waals surface area (Å²) in [6.07, 6.45) is 1.42. The van der Waals surface area contributed by atoms with Crippen molar-refractivity contribution < 1.29 is 34.2 Å². The number of hydrogen-bond acceptors (Lipinski definition) is 8. The van der Waals surface area contributed by atoms with Gasteiger partial charge in [-0.25, -0.2) is 4.79 Å². The number of aliphatic hydroxyl groups is 1. The molecular weight excluding hydrogens is 394 g/mol. The Balaban J connectivity index is 5.30. The molecule has 0 fully saturated rings. The molecule has 0 aromatic carbocycles. The van der Waals surface area contributed by atoms with Gasteiger partial charge < -0.3 is 37.6 Å². The van der Waals surface area contributed by atoms with Gasteiger partial charge in [0.25, 0.3) is 0 Å². The lowest BCUT2D eigenvalue weighted by Gasteiger charge is -2.24. The van der Waals surface area contributed by atoms with Crippen LogP contribution >= 0.6 is 11.8 Å². The van der Waals surface area contributed by atoms with Gasteiger partial charge >= 0.3 is 5.97 Å². The predicted molar refractivity (Wildman–Crippen MR) is 101 cm³/mol. The smallest absolute Gasteiger partial charge is 0.328 e. The van der Waals surface area contributed by atoms with Gasteiger partial charge in [0.2, 0.25) is 23.6 Å². The number of rotatable bonds is 13. The van der Waals surface area contributed by atoms with Gasteiger partial charge in [-0.05, 0) is 25.4 Å². The first kappa shape index (κ1) is 25.6. The van der Waals surface area contributed by atoms with Crippen LogP contribution in [0.5, 0.6) is 0 Å². The zero-order chi connectivity index (χ0) is 21.9. The van der Waals surface area contributed by atoms with Gasteiger partial charge in [-0.3, -0.25) is 19.2 Å². The van der Waals surface area contributed by atoms with Crippen LogP contribution in [0, 0.1) is 0 Å². The molecule has 9 N–H and O–H groups in total. The molecule has 4 amide bonds. The molecule has 0 aromatic heterocycles. The summed E-state index contributed by atoms with van der Waals surface area (Å²) in [7, 11) is 0. The van der Waals surface area contributed by atoms with Crippen molar-refractivity contribution in [1.82, 2.24) is 16.0 Å². The van der Waals surface area contributed by atoms with Gasteiger partial charge in [0, 0.05) is 0 Å². The fourth-order valence-corrected chi connectivity index (χ4v) is 2.42. The Labute approximate surface area is 166 Å². The summed E-state index contributed by atoms with van der Waals surface area (Å²) in [6.45, 7) is 0.544. The molecule has 0 saturated carbocycles. The van der Waals surface area contributed by atoms with Gasteiger partial charge in [-0.15, -0.1) is 0 Å². The number of aliphatic carboxylic acids is 1. The number of primary amides is 1. The molecule has 4 atom stereocenters. The van der Waals surface area contributed by atoms with Crippen molar-refractivity contribution >= 4 is 41.4 Å². The fraction of sp³-hybridized carbons (Fsp3) is 0.667. The molecule has 28 heavy (non-hydrogen) atoms. The third-order valence-corrected chi connectivity index (χ3v) is 4.14. The Morgan fingerprint density at radius 3 is 1.89 bits per heavy atom. The lowest BCUT2D eigenvalue weighted by molar-refractivity contribution is -0.143. The fourth-order valence-electron chi connectivity index (χ4n) is 1.95. The minimum atomic E-state index is -1.62. The molecule has 0 saturated heterocycles. The third-order valence-electron chi connectivity index (χ3n) is 3.49. The van der Waals surface area contributed by atoms with Crippen LogP contribution in [0.15, 0.2) is 0 Å². The minimum absolute atomic E-state index is 0.227. The molecule has 0 aliphatic rings. The molecule has 0 bridgehead atoms. The number of carbonyl (C=O) groups excluding carboxylic acids is 4. The molecule has 160 valence electrons. The van der Waals surface area contributed by atoms with Crippen molar-refractivity contribution in [2.75, 3.05) is 18.6 Å². The Morgan fingerprint density at radius 1 is 0.964 bits per heavy atom. The molecule has 0 heterocycles. The topological polar surface area (TPSA) is 214 Å². The number of nitrogens with two attached hydrogens (primary N) is 2. The summed E-state index contributed by atoms with van der Waals surface area (Å²) >= 11 is 1.42. The number of carbonyl (C=O) groups is 5. The number of amides is 4. The van der Waals surface area contributed by atoms with E-state index >= 15 is 0 Å². The van der Waals surface area contributed by atoms with Crippen molar-refractivity contribution in [3.8, 4) is 0 Å². The monoisotopic (exact) mass is 421 g/mol. The summed E-state index contributed by atoms with van der Waals surface area (Å²) in [4.78, 5) is 58.7. The van der Waals surface area contributed by atoms with E-state index < -0.39 is 66.8 Å². The van der Waals surface area contributed by atoms with Crippen LogP contribution in [-0.2, 0) is 24.0 Å². The van der Waals surface area contributed by atoms with Crippen LogP contribution in [0.4, 0.5) is 0 Å². The van der Waals surface area contributed by atoms with Gasteiger partial charge in [0.15, 0.2) is 0 Å². The van der Waals surface area contributed by atoms with E-state index in [2.05, 4.69) is 10.6 Å². The largest absolute Gasteiger partial charge is 0.480 e. The molecule has 0 spiro atoms. The van der Waals surface area contributed by atoms with E-state index in [1.165, 1.54) is 18.7 Å². The Morgan fingerprint density at radius 2 is 1.46 bits per heavy atom. The highest BCUT2D eigenvalue weighted by molar-refractivity contribution is 7.98. The van der Waals surface area contributed by atoms with Crippen molar-refractivity contribution in [3.63, 3.8) is 0 Å². The Bertz CT molecular complexity index is 587. The molecule has 0 aliphatic heterocycles. The van der Waals surface area contributed by atoms with E-state index in [0.717, 1.165) is 0 Å². The van der Waals surface area contributed by atoms with Gasteiger partial charge in [0.05, 0.1) is 19.1 Å². The number of nitrogens with one attached hydrogen (secondary N) is 3. The lowest BCUT2D eigenvalue weighted by atomic mass is 10.1. The molecule has 12 nitrogen and oxygen atoms in total. The van der Waals surface area contributed by atoms with E-state index in [1.807, 2.05) is 5.32 Å². The molecular formula is C15H27N5O7S. The number of aliphatic hydroxyl groups excluding tert-OH is 1. The quantitative estimate of drug-likeness (QED) is 0.157. The zero-order valence-corrected chi connectivity index (χ0v) is 16.5. The van der Waals surface area contributed by atoms with E-state index in [1.54, 1.807) is 6.26 Å². The summed E-state index contributed by atoms with van der Waals surface area (Å²) in [6, 6.07) is -5.00. The maximum atomic E-state index is 12.5. The van der Waals surface area contributed by atoms with E-state index in [4.69, 9.17) is 21.7 Å². The van der Waals surface area contributed by atoms with E-state index in [9.17, 15) is 24.0 Å². The van der Waals surface area contributed by atoms with Crippen LogP contribution < -0.4 is 27.4 Å². The maximum absolute atomic E-state index is 12.5. The average Bonchev–Trinajstić information content (AvgIpc) is 2.60.